The lowest BCUT2D eigenvalue weighted by atomic mass is 9.97. The molecule has 2 aromatic carbocycles. The van der Waals surface area contributed by atoms with E-state index in [0.29, 0.717) is 24.5 Å². The quantitative estimate of drug-likeness (QED) is 0.328. The fourth-order valence-electron chi connectivity index (χ4n) is 3.27. The molecule has 1 aromatic heterocycles. The third-order valence-corrected chi connectivity index (χ3v) is 6.65. The predicted octanol–water partition coefficient (Wildman–Crippen LogP) is 4.82. The summed E-state index contributed by atoms with van der Waals surface area (Å²) < 4.78 is 12.8. The molecule has 0 radical (unpaired) electrons. The van der Waals surface area contributed by atoms with Crippen molar-refractivity contribution in [1.29, 1.82) is 0 Å². The van der Waals surface area contributed by atoms with Crippen molar-refractivity contribution in [2.24, 2.45) is 0 Å². The summed E-state index contributed by atoms with van der Waals surface area (Å²) in [5, 5.41) is 11.7. The first-order valence-electron chi connectivity index (χ1n) is 9.82. The number of esters is 1. The largest absolute Gasteiger partial charge is 0.465 e. The summed E-state index contributed by atoms with van der Waals surface area (Å²) in [5.41, 5.74) is 2.61. The van der Waals surface area contributed by atoms with Crippen molar-refractivity contribution >= 4 is 24.9 Å². The van der Waals surface area contributed by atoms with Crippen LogP contribution in [0.4, 0.5) is 0 Å². The van der Waals surface area contributed by atoms with Gasteiger partial charge in [0.1, 0.15) is 12.8 Å². The Morgan fingerprint density at radius 1 is 1.10 bits per heavy atom. The molecule has 5 nitrogen and oxygen atoms in total. The lowest BCUT2D eigenvalue weighted by molar-refractivity contribution is 0.0600. The Bertz CT molecular complexity index is 976. The molecule has 0 fully saturated rings. The summed E-state index contributed by atoms with van der Waals surface area (Å²) in [7, 11) is 0.211. The van der Waals surface area contributed by atoms with E-state index in [-0.39, 0.29) is 0 Å². The number of carbonyl (C=O) groups is 1. The van der Waals surface area contributed by atoms with Crippen molar-refractivity contribution in [2.45, 2.75) is 38.5 Å². The highest BCUT2D eigenvalue weighted by Crippen LogP contribution is 2.29. The van der Waals surface area contributed by atoms with Gasteiger partial charge in [0.25, 0.3) is 0 Å². The first kappa shape index (κ1) is 21.3. The van der Waals surface area contributed by atoms with Gasteiger partial charge in [0.15, 0.2) is 0 Å². The maximum atomic E-state index is 12.5. The number of aliphatic hydroxyl groups excluding tert-OH is 1. The average Bonchev–Trinajstić information content (AvgIpc) is 3.12. The van der Waals surface area contributed by atoms with Crippen LogP contribution >= 0.6 is 0 Å². The van der Waals surface area contributed by atoms with Crippen LogP contribution in [0.2, 0.25) is 25.7 Å². The molecule has 1 unspecified atom stereocenters. The van der Waals surface area contributed by atoms with E-state index in [9.17, 15) is 9.90 Å². The van der Waals surface area contributed by atoms with E-state index in [1.54, 1.807) is 6.07 Å². The first-order valence-corrected chi connectivity index (χ1v) is 13.5. The van der Waals surface area contributed by atoms with Crippen LogP contribution in [-0.4, -0.2) is 37.4 Å². The van der Waals surface area contributed by atoms with Gasteiger partial charge in [-0.25, -0.2) is 4.79 Å². The lowest BCUT2D eigenvalue weighted by Crippen LogP contribution is -2.22. The van der Waals surface area contributed by atoms with Crippen LogP contribution in [0.15, 0.2) is 54.7 Å². The molecule has 0 aliphatic heterocycles. The van der Waals surface area contributed by atoms with Crippen molar-refractivity contribution in [1.82, 2.24) is 4.57 Å². The van der Waals surface area contributed by atoms with Crippen LogP contribution in [0.3, 0.4) is 0 Å². The van der Waals surface area contributed by atoms with Gasteiger partial charge in [-0.3, -0.25) is 0 Å². The molecule has 0 spiro atoms. The minimum absolute atomic E-state index is 0.374. The summed E-state index contributed by atoms with van der Waals surface area (Å²) >= 11 is 0. The Kier molecular flexibility index (Phi) is 6.57. The lowest BCUT2D eigenvalue weighted by Gasteiger charge is -2.17. The Morgan fingerprint density at radius 3 is 2.48 bits per heavy atom. The number of aromatic nitrogens is 1. The van der Waals surface area contributed by atoms with Gasteiger partial charge in [-0.2, -0.15) is 0 Å². The molecule has 0 bridgehead atoms. The third-order valence-electron chi connectivity index (χ3n) is 4.95. The zero-order valence-electron chi connectivity index (χ0n) is 17.5. The third kappa shape index (κ3) is 5.15. The topological polar surface area (TPSA) is 60.7 Å². The Hall–Kier alpha value is -2.41. The number of aliphatic hydroxyl groups is 1. The number of nitrogens with zero attached hydrogens (tertiary/aromatic N) is 1. The fourth-order valence-corrected chi connectivity index (χ4v) is 4.03. The fraction of sp³-hybridized carbons (Fsp3) is 0.348. The van der Waals surface area contributed by atoms with E-state index >= 15 is 0 Å². The maximum Gasteiger partial charge on any atom is 0.340 e. The molecule has 0 aliphatic rings. The maximum absolute atomic E-state index is 12.5. The number of hydrogen-bond acceptors (Lipinski definition) is 4. The van der Waals surface area contributed by atoms with Crippen LogP contribution < -0.4 is 0 Å². The van der Waals surface area contributed by atoms with E-state index in [2.05, 4.69) is 19.6 Å². The molecular formula is C23H29NO4Si. The Morgan fingerprint density at radius 2 is 1.83 bits per heavy atom. The summed E-state index contributed by atoms with van der Waals surface area (Å²) in [6.45, 7) is 8.02. The van der Waals surface area contributed by atoms with Gasteiger partial charge >= 0.3 is 5.97 Å². The second-order valence-corrected chi connectivity index (χ2v) is 14.1. The van der Waals surface area contributed by atoms with Crippen molar-refractivity contribution in [2.75, 3.05) is 13.7 Å². The van der Waals surface area contributed by atoms with Crippen LogP contribution in [0.25, 0.3) is 10.9 Å². The minimum atomic E-state index is -1.16. The monoisotopic (exact) mass is 411 g/mol. The normalized spacial score (nSPS) is 12.9. The number of carbonyl (C=O) groups excluding carboxylic acids is 1. The van der Waals surface area contributed by atoms with Gasteiger partial charge in [0.2, 0.25) is 0 Å². The molecule has 0 aliphatic carbocycles. The highest BCUT2D eigenvalue weighted by Gasteiger charge is 2.20. The molecule has 154 valence electrons. The number of hydrogen-bond donors (Lipinski definition) is 1. The molecule has 3 rings (SSSR count). The molecule has 1 heterocycles. The molecule has 0 saturated heterocycles. The first-order chi connectivity index (χ1) is 13.8. The second kappa shape index (κ2) is 8.94. The van der Waals surface area contributed by atoms with Crippen LogP contribution in [0, 0.1) is 0 Å². The summed E-state index contributed by atoms with van der Waals surface area (Å²) in [5.74, 6) is -0.431. The molecule has 1 N–H and O–H groups in total. The Labute approximate surface area is 172 Å². The van der Waals surface area contributed by atoms with E-state index < -0.39 is 20.1 Å². The van der Waals surface area contributed by atoms with Gasteiger partial charge in [-0.05, 0) is 35.4 Å². The van der Waals surface area contributed by atoms with Crippen molar-refractivity contribution in [3.8, 4) is 0 Å². The number of rotatable bonds is 8. The number of fused-ring (bicyclic) bond motifs is 1. The second-order valence-electron chi connectivity index (χ2n) is 8.44. The van der Waals surface area contributed by atoms with E-state index in [1.807, 2.05) is 53.2 Å². The Balaban J connectivity index is 1.93. The van der Waals surface area contributed by atoms with Crippen LogP contribution in [0.5, 0.6) is 0 Å². The summed E-state index contributed by atoms with van der Waals surface area (Å²) in [6.07, 6.45) is 1.09. The highest BCUT2D eigenvalue weighted by molar-refractivity contribution is 6.76. The molecule has 0 saturated carbocycles. The molecule has 29 heavy (non-hydrogen) atoms. The van der Waals surface area contributed by atoms with Gasteiger partial charge in [-0.1, -0.05) is 50.0 Å². The van der Waals surface area contributed by atoms with E-state index in [1.165, 1.54) is 7.11 Å². The SMILES string of the molecule is COC(=O)c1cc(C(O)c2ccccc2)cc2ccn(COCC[Si](C)(C)C)c12. The zero-order valence-corrected chi connectivity index (χ0v) is 18.5. The van der Waals surface area contributed by atoms with Crippen LogP contribution in [0.1, 0.15) is 27.6 Å². The standard InChI is InChI=1S/C23H29NO4Si/c1-27-23(26)20-15-19(22(25)17-8-6-5-7-9-17)14-18-10-11-24(21(18)20)16-28-12-13-29(2,3)4/h5-11,14-15,22,25H,12-13,16H2,1-4H3. The summed E-state index contributed by atoms with van der Waals surface area (Å²) in [4.78, 5) is 12.5. The molecule has 0 amide bonds. The minimum Gasteiger partial charge on any atom is -0.465 e. The van der Waals surface area contributed by atoms with E-state index in [4.69, 9.17) is 9.47 Å². The van der Waals surface area contributed by atoms with Crippen LogP contribution in [-0.2, 0) is 16.2 Å². The van der Waals surface area contributed by atoms with E-state index in [0.717, 1.165) is 22.5 Å². The van der Waals surface area contributed by atoms with Gasteiger partial charge in [-0.15, -0.1) is 0 Å². The molecule has 6 heteroatoms. The average molecular weight is 412 g/mol. The zero-order chi connectivity index (χ0) is 21.0. The van der Waals surface area contributed by atoms with Gasteiger partial charge < -0.3 is 19.1 Å². The smallest absolute Gasteiger partial charge is 0.340 e. The number of methoxy groups -OCH3 is 1. The molecule has 1 atom stereocenters. The van der Waals surface area contributed by atoms with Crippen molar-refractivity contribution < 1.29 is 19.4 Å². The summed E-state index contributed by atoms with van der Waals surface area (Å²) in [6, 6.07) is 16.0. The molecule has 3 aromatic rings. The van der Waals surface area contributed by atoms with Gasteiger partial charge in [0.05, 0.1) is 18.2 Å². The number of ether oxygens (including phenoxy) is 2. The van der Waals surface area contributed by atoms with Gasteiger partial charge in [0, 0.05) is 26.3 Å². The van der Waals surface area contributed by atoms with Crippen molar-refractivity contribution in [3.05, 3.63) is 71.4 Å². The number of benzene rings is 2. The highest BCUT2D eigenvalue weighted by atomic mass is 28.3. The van der Waals surface area contributed by atoms with Crippen molar-refractivity contribution in [3.63, 3.8) is 0 Å². The predicted molar refractivity (Wildman–Crippen MR) is 118 cm³/mol. The molecular weight excluding hydrogens is 382 g/mol.